The summed E-state index contributed by atoms with van der Waals surface area (Å²) in [6, 6.07) is 0. The van der Waals surface area contributed by atoms with E-state index in [0.717, 1.165) is 11.8 Å². The Kier molecular flexibility index (Phi) is 4.54. The van der Waals surface area contributed by atoms with Crippen molar-refractivity contribution in [3.8, 4) is 0 Å². The number of aliphatic hydroxyl groups is 1. The molecular formula is C12H16N2O5S2. The van der Waals surface area contributed by atoms with E-state index < -0.39 is 40.4 Å². The van der Waals surface area contributed by atoms with E-state index in [2.05, 4.69) is 0 Å². The number of nitrogens with zero attached hydrogens (tertiary/aromatic N) is 1. The van der Waals surface area contributed by atoms with Crippen LogP contribution in [0.2, 0.25) is 0 Å². The van der Waals surface area contributed by atoms with E-state index in [1.54, 1.807) is 6.92 Å². The van der Waals surface area contributed by atoms with Gasteiger partial charge in [-0.3, -0.25) is 14.5 Å². The SMILES string of the molecule is CCC(SC1=C(C(=O)O)N2C(=O)[C@H]([C@@H](C)O)[C@H]2S1)C(N)=O. The number of carboxylic acids is 1. The Balaban J connectivity index is 2.27. The summed E-state index contributed by atoms with van der Waals surface area (Å²) in [5, 5.41) is 18.0. The maximum atomic E-state index is 12.0. The first-order valence-corrected chi connectivity index (χ1v) is 8.16. The molecule has 0 aliphatic carbocycles. The van der Waals surface area contributed by atoms with Crippen molar-refractivity contribution >= 4 is 41.3 Å². The number of hydrogen-bond acceptors (Lipinski definition) is 6. The van der Waals surface area contributed by atoms with Crippen LogP contribution in [0, 0.1) is 5.92 Å². The molecule has 4 N–H and O–H groups in total. The number of thioether (sulfide) groups is 2. The Morgan fingerprint density at radius 3 is 2.57 bits per heavy atom. The quantitative estimate of drug-likeness (QED) is 0.592. The zero-order valence-corrected chi connectivity index (χ0v) is 13.1. The van der Waals surface area contributed by atoms with E-state index in [1.165, 1.54) is 23.6 Å². The minimum Gasteiger partial charge on any atom is -0.477 e. The number of β-lactam (4-membered cyclic amide) rings is 1. The van der Waals surface area contributed by atoms with Crippen molar-refractivity contribution in [2.24, 2.45) is 11.7 Å². The van der Waals surface area contributed by atoms with Crippen LogP contribution >= 0.6 is 23.5 Å². The van der Waals surface area contributed by atoms with Gasteiger partial charge in [0.15, 0.2) is 5.70 Å². The van der Waals surface area contributed by atoms with E-state index in [0.29, 0.717) is 10.7 Å². The van der Waals surface area contributed by atoms with Crippen LogP contribution in [0.1, 0.15) is 20.3 Å². The van der Waals surface area contributed by atoms with Gasteiger partial charge in [-0.25, -0.2) is 4.79 Å². The second kappa shape index (κ2) is 5.90. The maximum Gasteiger partial charge on any atom is 0.354 e. The third kappa shape index (κ3) is 2.65. The zero-order valence-electron chi connectivity index (χ0n) is 11.5. The molecule has 7 nitrogen and oxygen atoms in total. The maximum absolute atomic E-state index is 12.0. The summed E-state index contributed by atoms with van der Waals surface area (Å²) in [6.45, 7) is 3.28. The number of fused-ring (bicyclic) bond motifs is 1. The summed E-state index contributed by atoms with van der Waals surface area (Å²) in [6.07, 6.45) is -0.376. The van der Waals surface area contributed by atoms with E-state index in [-0.39, 0.29) is 5.70 Å². The van der Waals surface area contributed by atoms with Crippen molar-refractivity contribution in [3.05, 3.63) is 9.93 Å². The van der Waals surface area contributed by atoms with Crippen molar-refractivity contribution in [2.75, 3.05) is 0 Å². The molecule has 0 radical (unpaired) electrons. The Hall–Kier alpha value is -1.19. The molecule has 1 saturated heterocycles. The van der Waals surface area contributed by atoms with Gasteiger partial charge in [-0.2, -0.15) is 0 Å². The number of primary amides is 1. The van der Waals surface area contributed by atoms with Crippen molar-refractivity contribution in [1.82, 2.24) is 4.90 Å². The number of hydrogen-bond donors (Lipinski definition) is 3. The van der Waals surface area contributed by atoms with Crippen molar-refractivity contribution < 1.29 is 24.6 Å². The fourth-order valence-corrected chi connectivity index (χ4v) is 5.33. The molecule has 1 fully saturated rings. The van der Waals surface area contributed by atoms with Gasteiger partial charge >= 0.3 is 5.97 Å². The molecule has 0 aromatic carbocycles. The number of amides is 2. The summed E-state index contributed by atoms with van der Waals surface area (Å²) < 4.78 is 0.398. The van der Waals surface area contributed by atoms with E-state index in [1.807, 2.05) is 0 Å². The molecular weight excluding hydrogens is 316 g/mol. The predicted molar refractivity (Wildman–Crippen MR) is 78.9 cm³/mol. The highest BCUT2D eigenvalue weighted by Crippen LogP contribution is 2.54. The Labute approximate surface area is 129 Å². The first-order chi connectivity index (χ1) is 9.79. The number of carbonyl (C=O) groups excluding carboxylic acids is 2. The smallest absolute Gasteiger partial charge is 0.354 e. The molecule has 4 atom stereocenters. The molecule has 21 heavy (non-hydrogen) atoms. The number of aliphatic hydroxyl groups excluding tert-OH is 1. The van der Waals surface area contributed by atoms with Crippen LogP contribution in [0.4, 0.5) is 0 Å². The molecule has 2 amide bonds. The van der Waals surface area contributed by atoms with Crippen molar-refractivity contribution in [3.63, 3.8) is 0 Å². The summed E-state index contributed by atoms with van der Waals surface area (Å²) in [5.41, 5.74) is 5.16. The standard InChI is InChI=1S/C12H16N2O5S2/c1-3-5(8(13)16)20-12-7(11(18)19)14-9(17)6(4(2)15)10(14)21-12/h4-6,10,15H,3H2,1-2H3,(H2,13,16)(H,18,19)/t4-,5?,6+,10-/m1/s1. The minimum absolute atomic E-state index is 0.114. The predicted octanol–water partition coefficient (Wildman–Crippen LogP) is 0.149. The molecule has 0 saturated carbocycles. The molecule has 2 aliphatic heterocycles. The number of rotatable bonds is 6. The first-order valence-electron chi connectivity index (χ1n) is 6.40. The molecule has 0 bridgehead atoms. The Bertz CT molecular complexity index is 534. The van der Waals surface area contributed by atoms with Gasteiger partial charge in [0.2, 0.25) is 11.8 Å². The summed E-state index contributed by atoms with van der Waals surface area (Å²) in [7, 11) is 0. The molecule has 0 spiro atoms. The Morgan fingerprint density at radius 1 is 1.52 bits per heavy atom. The molecule has 2 rings (SSSR count). The van der Waals surface area contributed by atoms with E-state index in [4.69, 9.17) is 5.73 Å². The summed E-state index contributed by atoms with van der Waals surface area (Å²) in [5.74, 6) is -2.75. The van der Waals surface area contributed by atoms with Gasteiger partial charge in [0, 0.05) is 0 Å². The lowest BCUT2D eigenvalue weighted by Gasteiger charge is -2.43. The molecule has 9 heteroatoms. The van der Waals surface area contributed by atoms with Crippen LogP contribution in [-0.2, 0) is 14.4 Å². The second-order valence-electron chi connectivity index (χ2n) is 4.84. The first kappa shape index (κ1) is 16.2. The second-order valence-corrected chi connectivity index (χ2v) is 7.44. The van der Waals surface area contributed by atoms with Crippen LogP contribution in [0.15, 0.2) is 9.93 Å². The lowest BCUT2D eigenvalue weighted by atomic mass is 9.92. The fraction of sp³-hybridized carbons (Fsp3) is 0.583. The summed E-state index contributed by atoms with van der Waals surface area (Å²) in [4.78, 5) is 35.9. The van der Waals surface area contributed by atoms with Crippen LogP contribution < -0.4 is 5.73 Å². The van der Waals surface area contributed by atoms with Crippen LogP contribution in [0.3, 0.4) is 0 Å². The number of nitrogens with two attached hydrogens (primary N) is 1. The average molecular weight is 332 g/mol. The highest BCUT2D eigenvalue weighted by Gasteiger charge is 2.58. The third-order valence-electron chi connectivity index (χ3n) is 3.41. The van der Waals surface area contributed by atoms with Gasteiger partial charge < -0.3 is 15.9 Å². The van der Waals surface area contributed by atoms with Gasteiger partial charge in [0.1, 0.15) is 5.37 Å². The number of carbonyl (C=O) groups is 3. The monoisotopic (exact) mass is 332 g/mol. The fourth-order valence-electron chi connectivity index (χ4n) is 2.30. The zero-order chi connectivity index (χ0) is 15.9. The molecule has 0 aromatic heterocycles. The molecule has 2 heterocycles. The van der Waals surface area contributed by atoms with Crippen LogP contribution in [0.25, 0.3) is 0 Å². The number of aliphatic carboxylic acids is 1. The van der Waals surface area contributed by atoms with Gasteiger partial charge in [0.05, 0.1) is 21.5 Å². The average Bonchev–Trinajstić information content (AvgIpc) is 2.69. The topological polar surface area (TPSA) is 121 Å². The molecule has 0 aromatic rings. The highest BCUT2D eigenvalue weighted by molar-refractivity contribution is 8.23. The summed E-state index contributed by atoms with van der Waals surface area (Å²) >= 11 is 2.27. The van der Waals surface area contributed by atoms with Gasteiger partial charge in [0.25, 0.3) is 0 Å². The van der Waals surface area contributed by atoms with Crippen molar-refractivity contribution in [2.45, 2.75) is 37.0 Å². The van der Waals surface area contributed by atoms with Crippen LogP contribution in [0.5, 0.6) is 0 Å². The van der Waals surface area contributed by atoms with E-state index >= 15 is 0 Å². The van der Waals surface area contributed by atoms with Gasteiger partial charge in [-0.05, 0) is 13.3 Å². The largest absolute Gasteiger partial charge is 0.477 e. The minimum atomic E-state index is -1.22. The highest BCUT2D eigenvalue weighted by atomic mass is 32.2. The van der Waals surface area contributed by atoms with Gasteiger partial charge in [-0.1, -0.05) is 18.7 Å². The number of carboxylic acid groups (broad SMARTS) is 1. The molecule has 116 valence electrons. The normalized spacial score (nSPS) is 27.2. The van der Waals surface area contributed by atoms with Crippen LogP contribution in [-0.4, -0.2) is 49.6 Å². The van der Waals surface area contributed by atoms with Gasteiger partial charge in [-0.15, -0.1) is 11.8 Å². The Morgan fingerprint density at radius 2 is 2.14 bits per heavy atom. The van der Waals surface area contributed by atoms with Crippen molar-refractivity contribution in [1.29, 1.82) is 0 Å². The third-order valence-corrected chi connectivity index (χ3v) is 6.39. The molecule has 2 aliphatic rings. The van der Waals surface area contributed by atoms with E-state index in [9.17, 15) is 24.6 Å². The lowest BCUT2D eigenvalue weighted by molar-refractivity contribution is -0.156. The molecule has 1 unspecified atom stereocenters. The lowest BCUT2D eigenvalue weighted by Crippen LogP contribution is -2.60.